The molecular weight excluding hydrogens is 388 g/mol. The van der Waals surface area contributed by atoms with E-state index in [1.54, 1.807) is 37.1 Å². The van der Waals surface area contributed by atoms with Crippen molar-refractivity contribution in [1.29, 1.82) is 0 Å². The maximum atomic E-state index is 12.9. The van der Waals surface area contributed by atoms with Crippen molar-refractivity contribution < 1.29 is 14.3 Å². The van der Waals surface area contributed by atoms with Gasteiger partial charge in [-0.25, -0.2) is 0 Å². The number of rotatable bonds is 2. The Bertz CT molecular complexity index is 856. The van der Waals surface area contributed by atoms with Crippen LogP contribution < -0.4 is 4.74 Å². The Morgan fingerprint density at radius 1 is 1.14 bits per heavy atom. The normalized spacial score (nSPS) is 18.3. The van der Waals surface area contributed by atoms with Crippen molar-refractivity contribution in [1.82, 2.24) is 9.80 Å². The molecule has 0 unspecified atom stereocenters. The summed E-state index contributed by atoms with van der Waals surface area (Å²) in [5.74, 6) is 0.423. The minimum Gasteiger partial charge on any atom is -0.491 e. The summed E-state index contributed by atoms with van der Waals surface area (Å²) in [5.41, 5.74) is 1.60. The third-order valence-electron chi connectivity index (χ3n) is 5.25. The molecule has 2 aromatic carbocycles. The lowest BCUT2D eigenvalue weighted by atomic mass is 10.0. The molecular formula is C23H27ClN2O3. The van der Waals surface area contributed by atoms with Crippen molar-refractivity contribution in [3.63, 3.8) is 0 Å². The Labute approximate surface area is 177 Å². The van der Waals surface area contributed by atoms with Gasteiger partial charge in [0.2, 0.25) is 5.91 Å². The monoisotopic (exact) mass is 414 g/mol. The second-order valence-corrected chi connectivity index (χ2v) is 7.88. The summed E-state index contributed by atoms with van der Waals surface area (Å²) in [6.45, 7) is 3.17. The van der Waals surface area contributed by atoms with Crippen LogP contribution in [0, 0.1) is 0 Å². The van der Waals surface area contributed by atoms with Gasteiger partial charge in [-0.15, -0.1) is 0 Å². The first-order valence-electron chi connectivity index (χ1n) is 9.94. The van der Waals surface area contributed by atoms with Crippen LogP contribution in [0.1, 0.15) is 35.7 Å². The molecule has 2 aromatic rings. The number of ether oxygens (including phenoxy) is 1. The molecule has 1 heterocycles. The number of carbonyl (C=O) groups excluding carboxylic acids is 2. The van der Waals surface area contributed by atoms with Gasteiger partial charge in [0.15, 0.2) is 0 Å². The lowest BCUT2D eigenvalue weighted by Gasteiger charge is -2.32. The summed E-state index contributed by atoms with van der Waals surface area (Å²) in [7, 11) is 1.78. The Hall–Kier alpha value is -2.53. The van der Waals surface area contributed by atoms with Crippen LogP contribution in [-0.4, -0.2) is 54.4 Å². The molecule has 1 atom stereocenters. The first-order valence-corrected chi connectivity index (χ1v) is 10.3. The van der Waals surface area contributed by atoms with E-state index in [1.807, 2.05) is 23.1 Å². The highest BCUT2D eigenvalue weighted by Crippen LogP contribution is 2.26. The quantitative estimate of drug-likeness (QED) is 0.745. The fraction of sp³-hybridized carbons (Fsp3) is 0.391. The highest BCUT2D eigenvalue weighted by Gasteiger charge is 2.25. The number of nitrogens with zero attached hydrogens (tertiary/aromatic N) is 2. The zero-order valence-corrected chi connectivity index (χ0v) is 17.7. The van der Waals surface area contributed by atoms with E-state index in [1.165, 1.54) is 0 Å². The van der Waals surface area contributed by atoms with E-state index >= 15 is 0 Å². The molecule has 29 heavy (non-hydrogen) atoms. The van der Waals surface area contributed by atoms with Crippen LogP contribution in [0.3, 0.4) is 0 Å². The number of amides is 2. The molecule has 3 rings (SSSR count). The number of fused-ring (bicyclic) bond motifs is 1. The van der Waals surface area contributed by atoms with Gasteiger partial charge in [0.25, 0.3) is 5.91 Å². The van der Waals surface area contributed by atoms with Crippen LogP contribution in [0.15, 0.2) is 48.5 Å². The van der Waals surface area contributed by atoms with Crippen molar-refractivity contribution in [2.24, 2.45) is 0 Å². The van der Waals surface area contributed by atoms with Gasteiger partial charge in [-0.3, -0.25) is 9.59 Å². The highest BCUT2D eigenvalue weighted by molar-refractivity contribution is 6.31. The van der Waals surface area contributed by atoms with Crippen LogP contribution in [0.25, 0.3) is 0 Å². The molecule has 0 N–H and O–H groups in total. The molecule has 1 aliphatic heterocycles. The summed E-state index contributed by atoms with van der Waals surface area (Å²) in [6, 6.07) is 15.1. The third-order valence-corrected chi connectivity index (χ3v) is 5.49. The average molecular weight is 415 g/mol. The Morgan fingerprint density at radius 3 is 2.59 bits per heavy atom. The maximum absolute atomic E-state index is 12.9. The second kappa shape index (κ2) is 9.79. The molecule has 0 aliphatic carbocycles. The first-order chi connectivity index (χ1) is 14.0. The Balaban J connectivity index is 1.92. The van der Waals surface area contributed by atoms with Crippen LogP contribution in [0.2, 0.25) is 5.02 Å². The van der Waals surface area contributed by atoms with Gasteiger partial charge in [-0.2, -0.15) is 0 Å². The van der Waals surface area contributed by atoms with Gasteiger partial charge in [-0.1, -0.05) is 41.9 Å². The predicted molar refractivity (Wildman–Crippen MR) is 114 cm³/mol. The Morgan fingerprint density at radius 2 is 1.86 bits per heavy atom. The molecule has 0 bridgehead atoms. The predicted octanol–water partition coefficient (Wildman–Crippen LogP) is 4.04. The van der Waals surface area contributed by atoms with Crippen molar-refractivity contribution in [3.05, 3.63) is 64.7 Å². The van der Waals surface area contributed by atoms with Gasteiger partial charge >= 0.3 is 0 Å². The van der Waals surface area contributed by atoms with E-state index in [9.17, 15) is 9.59 Å². The zero-order valence-electron chi connectivity index (χ0n) is 16.9. The summed E-state index contributed by atoms with van der Waals surface area (Å²) < 4.78 is 6.10. The van der Waals surface area contributed by atoms with Crippen LogP contribution in [-0.2, 0) is 11.2 Å². The molecule has 154 valence electrons. The lowest BCUT2D eigenvalue weighted by Crippen LogP contribution is -2.45. The van der Waals surface area contributed by atoms with E-state index in [0.29, 0.717) is 42.5 Å². The molecule has 0 radical (unpaired) electrons. The molecule has 1 aliphatic rings. The van der Waals surface area contributed by atoms with Crippen molar-refractivity contribution in [2.45, 2.75) is 32.2 Å². The summed E-state index contributed by atoms with van der Waals surface area (Å²) in [5, 5.41) is 0.493. The number of hydrogen-bond donors (Lipinski definition) is 0. The number of benzene rings is 2. The molecule has 0 spiro atoms. The summed E-state index contributed by atoms with van der Waals surface area (Å²) >= 11 is 6.14. The fourth-order valence-corrected chi connectivity index (χ4v) is 3.83. The molecule has 0 fully saturated rings. The van der Waals surface area contributed by atoms with Gasteiger partial charge < -0.3 is 14.5 Å². The van der Waals surface area contributed by atoms with Gasteiger partial charge in [-0.05, 0) is 43.0 Å². The average Bonchev–Trinajstić information content (AvgIpc) is 2.71. The topological polar surface area (TPSA) is 49.9 Å². The molecule has 0 saturated carbocycles. The van der Waals surface area contributed by atoms with E-state index in [4.69, 9.17) is 16.3 Å². The highest BCUT2D eigenvalue weighted by atomic mass is 35.5. The fourth-order valence-electron chi connectivity index (χ4n) is 3.66. The molecule has 2 amide bonds. The molecule has 5 nitrogen and oxygen atoms in total. The lowest BCUT2D eigenvalue weighted by molar-refractivity contribution is -0.132. The minimum atomic E-state index is -0.120. The van der Waals surface area contributed by atoms with Crippen molar-refractivity contribution in [2.75, 3.05) is 26.7 Å². The second-order valence-electron chi connectivity index (χ2n) is 7.44. The van der Waals surface area contributed by atoms with E-state index in [-0.39, 0.29) is 17.9 Å². The summed E-state index contributed by atoms with van der Waals surface area (Å²) in [4.78, 5) is 28.9. The van der Waals surface area contributed by atoms with Crippen LogP contribution >= 0.6 is 11.6 Å². The third kappa shape index (κ3) is 5.51. The SMILES string of the molecule is CC(=O)N1CCCCN(C)C(=O)c2cc(Cl)ccc2OC[C@@H]1Cc1ccccc1. The van der Waals surface area contributed by atoms with Gasteiger partial charge in [0, 0.05) is 32.1 Å². The molecule has 0 aromatic heterocycles. The first kappa shape index (κ1) is 21.2. The van der Waals surface area contributed by atoms with Gasteiger partial charge in [0.05, 0.1) is 11.6 Å². The maximum Gasteiger partial charge on any atom is 0.257 e. The van der Waals surface area contributed by atoms with Gasteiger partial charge in [0.1, 0.15) is 12.4 Å². The van der Waals surface area contributed by atoms with Crippen LogP contribution in [0.4, 0.5) is 0 Å². The Kier molecular flexibility index (Phi) is 7.15. The zero-order chi connectivity index (χ0) is 20.8. The van der Waals surface area contributed by atoms with Crippen LogP contribution in [0.5, 0.6) is 5.75 Å². The van der Waals surface area contributed by atoms with E-state index < -0.39 is 0 Å². The number of carbonyl (C=O) groups is 2. The minimum absolute atomic E-state index is 0.0346. The van der Waals surface area contributed by atoms with E-state index in [0.717, 1.165) is 18.4 Å². The standard InChI is InChI=1S/C23H27ClN2O3/c1-17(27)26-13-7-6-12-25(2)23(28)21-15-19(24)10-11-22(21)29-16-20(26)14-18-8-4-3-5-9-18/h3-5,8-11,15,20H,6-7,12-14,16H2,1-2H3/t20-/m0/s1. The molecule has 0 saturated heterocycles. The van der Waals surface area contributed by atoms with Crippen molar-refractivity contribution in [3.8, 4) is 5.75 Å². The largest absolute Gasteiger partial charge is 0.491 e. The summed E-state index contributed by atoms with van der Waals surface area (Å²) in [6.07, 6.45) is 2.34. The molecule has 6 heteroatoms. The number of hydrogen-bond acceptors (Lipinski definition) is 3. The van der Waals surface area contributed by atoms with Crippen molar-refractivity contribution >= 4 is 23.4 Å². The number of halogens is 1. The van der Waals surface area contributed by atoms with E-state index in [2.05, 4.69) is 12.1 Å². The smallest absolute Gasteiger partial charge is 0.257 e.